The molecule has 1 atom stereocenters. The van der Waals surface area contributed by atoms with Crippen LogP contribution >= 0.6 is 7.60 Å². The molecule has 0 aromatic heterocycles. The van der Waals surface area contributed by atoms with Crippen LogP contribution in [0.4, 0.5) is 0 Å². The van der Waals surface area contributed by atoms with Crippen molar-refractivity contribution >= 4 is 7.60 Å². The minimum atomic E-state index is -4.21. The highest BCUT2D eigenvalue weighted by molar-refractivity contribution is 7.51. The van der Waals surface area contributed by atoms with Crippen LogP contribution in [0.1, 0.15) is 60.9 Å². The van der Waals surface area contributed by atoms with Crippen LogP contribution in [0.5, 0.6) is 11.5 Å². The molecule has 0 aliphatic heterocycles. The van der Waals surface area contributed by atoms with Gasteiger partial charge in [0.05, 0.1) is 0 Å². The Balaban J connectivity index is 2.01. The third-order valence-corrected chi connectivity index (χ3v) is 5.99. The first kappa shape index (κ1) is 19.9. The average Bonchev–Trinajstić information content (AvgIpc) is 2.91. The molecule has 0 spiro atoms. The zero-order chi connectivity index (χ0) is 20.0. The van der Waals surface area contributed by atoms with Crippen molar-refractivity contribution < 1.29 is 24.2 Å². The van der Waals surface area contributed by atoms with Gasteiger partial charge in [0.2, 0.25) is 0 Å². The van der Waals surface area contributed by atoms with Gasteiger partial charge in [0.25, 0.3) is 0 Å². The summed E-state index contributed by atoms with van der Waals surface area (Å²) in [7, 11) is -4.21. The molecule has 1 unspecified atom stereocenters. The molecule has 0 saturated carbocycles. The number of fused-ring (bicyclic) bond motifs is 1. The summed E-state index contributed by atoms with van der Waals surface area (Å²) >= 11 is 0. The van der Waals surface area contributed by atoms with Crippen LogP contribution in [-0.4, -0.2) is 21.2 Å². The molecule has 0 radical (unpaired) electrons. The van der Waals surface area contributed by atoms with E-state index in [4.69, 9.17) is 14.5 Å². The van der Waals surface area contributed by atoms with Gasteiger partial charge in [-0.05, 0) is 71.7 Å². The van der Waals surface area contributed by atoms with Crippen molar-refractivity contribution in [3.63, 3.8) is 0 Å². The van der Waals surface area contributed by atoms with Gasteiger partial charge in [-0.1, -0.05) is 32.9 Å². The number of aromatic hydroxyl groups is 1. The van der Waals surface area contributed by atoms with Crippen molar-refractivity contribution in [3.8, 4) is 11.5 Å². The number of phenols is 1. The zero-order valence-electron chi connectivity index (χ0n) is 16.2. The van der Waals surface area contributed by atoms with Crippen LogP contribution in [0.15, 0.2) is 30.3 Å². The molecule has 0 saturated heterocycles. The number of benzene rings is 2. The van der Waals surface area contributed by atoms with Gasteiger partial charge in [0.15, 0.2) is 6.35 Å². The van der Waals surface area contributed by atoms with Crippen molar-refractivity contribution in [1.29, 1.82) is 0 Å². The Morgan fingerprint density at radius 3 is 2.56 bits per heavy atom. The van der Waals surface area contributed by atoms with Crippen LogP contribution in [-0.2, 0) is 16.4 Å². The number of phenolic OH excluding ortho intramolecular Hbond substituents is 1. The third kappa shape index (κ3) is 3.91. The first-order valence-electron chi connectivity index (χ1n) is 9.16. The lowest BCUT2D eigenvalue weighted by Crippen LogP contribution is -2.21. The van der Waals surface area contributed by atoms with Gasteiger partial charge in [-0.25, -0.2) is 0 Å². The van der Waals surface area contributed by atoms with Crippen molar-refractivity contribution in [2.45, 2.75) is 51.9 Å². The van der Waals surface area contributed by atoms with E-state index in [-0.39, 0.29) is 11.3 Å². The fourth-order valence-electron chi connectivity index (χ4n) is 4.21. The number of hydrogen-bond acceptors (Lipinski definition) is 3. The molecule has 6 heteroatoms. The molecule has 27 heavy (non-hydrogen) atoms. The van der Waals surface area contributed by atoms with Crippen molar-refractivity contribution in [2.24, 2.45) is 0 Å². The van der Waals surface area contributed by atoms with Crippen LogP contribution in [0.3, 0.4) is 0 Å². The molecule has 1 aliphatic carbocycles. The molecule has 0 amide bonds. The fraction of sp³-hybridized carbons (Fsp3) is 0.429. The quantitative estimate of drug-likeness (QED) is 0.650. The summed E-state index contributed by atoms with van der Waals surface area (Å²) in [6.45, 7) is 8.37. The molecule has 0 bridgehead atoms. The van der Waals surface area contributed by atoms with E-state index in [1.807, 2.05) is 25.1 Å². The predicted molar refractivity (Wildman–Crippen MR) is 106 cm³/mol. The standard InChI is InChI=1S/C21H27O5P/c1-13(2)18-11-16(5-6-19(18)22)21(4)8-7-15-10-17(9-14(3)20(15)21)26-12-27(23,24)25/h5-6,9-11,13,22H,7-8,12H2,1-4H3,(H2,23,24,25). The van der Waals surface area contributed by atoms with Gasteiger partial charge in [-0.2, -0.15) is 0 Å². The number of rotatable bonds is 5. The van der Waals surface area contributed by atoms with E-state index in [9.17, 15) is 9.67 Å². The van der Waals surface area contributed by atoms with Crippen LogP contribution in [0.25, 0.3) is 0 Å². The van der Waals surface area contributed by atoms with Gasteiger partial charge in [-0.15, -0.1) is 0 Å². The molecule has 0 fully saturated rings. The van der Waals surface area contributed by atoms with E-state index in [1.165, 1.54) is 11.1 Å². The molecule has 146 valence electrons. The maximum atomic E-state index is 11.1. The first-order chi connectivity index (χ1) is 12.5. The second-order valence-electron chi connectivity index (χ2n) is 7.97. The second kappa shape index (κ2) is 6.97. The second-order valence-corrected chi connectivity index (χ2v) is 9.56. The largest absolute Gasteiger partial charge is 0.508 e. The molecule has 2 aromatic rings. The SMILES string of the molecule is Cc1cc(OCP(=O)(O)O)cc2c1C(C)(c1ccc(O)c(C(C)C)c1)CC2. The Bertz CT molecular complexity index is 915. The Morgan fingerprint density at radius 2 is 1.93 bits per heavy atom. The van der Waals surface area contributed by atoms with Crippen molar-refractivity contribution in [2.75, 3.05) is 6.35 Å². The highest BCUT2D eigenvalue weighted by atomic mass is 31.2. The summed E-state index contributed by atoms with van der Waals surface area (Å²) in [6, 6.07) is 9.62. The molecule has 1 aliphatic rings. The Kier molecular flexibility index (Phi) is 5.15. The number of ether oxygens (including phenoxy) is 1. The molecule has 5 nitrogen and oxygen atoms in total. The van der Waals surface area contributed by atoms with Crippen molar-refractivity contribution in [3.05, 3.63) is 58.1 Å². The molecule has 3 rings (SSSR count). The lowest BCUT2D eigenvalue weighted by atomic mass is 9.75. The zero-order valence-corrected chi connectivity index (χ0v) is 17.1. The lowest BCUT2D eigenvalue weighted by molar-refractivity contribution is 0.300. The lowest BCUT2D eigenvalue weighted by Gasteiger charge is -2.29. The highest BCUT2D eigenvalue weighted by Crippen LogP contribution is 2.48. The van der Waals surface area contributed by atoms with E-state index in [1.54, 1.807) is 6.07 Å². The summed E-state index contributed by atoms with van der Waals surface area (Å²) < 4.78 is 16.4. The Labute approximate surface area is 160 Å². The smallest absolute Gasteiger partial charge is 0.362 e. The first-order valence-corrected chi connectivity index (χ1v) is 11.0. The monoisotopic (exact) mass is 390 g/mol. The maximum absolute atomic E-state index is 11.1. The molecule has 3 N–H and O–H groups in total. The average molecular weight is 390 g/mol. The molecule has 0 heterocycles. The number of hydrogen-bond donors (Lipinski definition) is 3. The highest BCUT2D eigenvalue weighted by Gasteiger charge is 2.38. The Hall–Kier alpha value is -1.81. The molecule has 2 aromatic carbocycles. The summed E-state index contributed by atoms with van der Waals surface area (Å²) in [5, 5.41) is 10.2. The van der Waals surface area contributed by atoms with E-state index >= 15 is 0 Å². The summed E-state index contributed by atoms with van der Waals surface area (Å²) in [5.41, 5.74) is 5.39. The van der Waals surface area contributed by atoms with Crippen LogP contribution < -0.4 is 4.74 Å². The van der Waals surface area contributed by atoms with Gasteiger partial charge in [0.1, 0.15) is 11.5 Å². The molecular formula is C21H27O5P. The summed E-state index contributed by atoms with van der Waals surface area (Å²) in [5.74, 6) is 1.06. The normalized spacial score (nSPS) is 19.4. The predicted octanol–water partition coefficient (Wildman–Crippen LogP) is 4.59. The van der Waals surface area contributed by atoms with Crippen molar-refractivity contribution in [1.82, 2.24) is 0 Å². The third-order valence-electron chi connectivity index (χ3n) is 5.52. The van der Waals surface area contributed by atoms with E-state index in [0.717, 1.165) is 29.5 Å². The van der Waals surface area contributed by atoms with Gasteiger partial charge in [-0.3, -0.25) is 4.57 Å². The Morgan fingerprint density at radius 1 is 1.22 bits per heavy atom. The van der Waals surface area contributed by atoms with Crippen LogP contribution in [0, 0.1) is 6.92 Å². The minimum Gasteiger partial charge on any atom is -0.508 e. The number of aryl methyl sites for hydroxylation is 2. The summed E-state index contributed by atoms with van der Waals surface area (Å²) in [6.07, 6.45) is 1.20. The van der Waals surface area contributed by atoms with Crippen LogP contribution in [0.2, 0.25) is 0 Å². The van der Waals surface area contributed by atoms with E-state index in [2.05, 4.69) is 26.8 Å². The maximum Gasteiger partial charge on any atom is 0.362 e. The summed E-state index contributed by atoms with van der Waals surface area (Å²) in [4.78, 5) is 18.1. The fourth-order valence-corrected chi connectivity index (χ4v) is 4.53. The van der Waals surface area contributed by atoms with E-state index in [0.29, 0.717) is 11.5 Å². The van der Waals surface area contributed by atoms with Gasteiger partial charge in [0, 0.05) is 5.41 Å². The minimum absolute atomic E-state index is 0.168. The van der Waals surface area contributed by atoms with E-state index < -0.39 is 13.9 Å². The van der Waals surface area contributed by atoms with Gasteiger partial charge >= 0.3 is 7.60 Å². The topological polar surface area (TPSA) is 87.0 Å². The molecular weight excluding hydrogens is 363 g/mol. The van der Waals surface area contributed by atoms with Gasteiger partial charge < -0.3 is 19.6 Å².